The summed E-state index contributed by atoms with van der Waals surface area (Å²) in [6, 6.07) is 5.72. The van der Waals surface area contributed by atoms with Crippen molar-refractivity contribution >= 4 is 12.0 Å². The largest absolute Gasteiger partial charge is 0.480 e. The number of amides is 2. The fraction of sp³-hybridized carbons (Fsp3) is 0.579. The molecule has 1 aromatic carbocycles. The lowest BCUT2D eigenvalue weighted by molar-refractivity contribution is -0.141. The Kier molecular flexibility index (Phi) is 6.28. The number of likely N-dealkylation sites (tertiary alicyclic amines) is 1. The first-order chi connectivity index (χ1) is 12.9. The van der Waals surface area contributed by atoms with Gasteiger partial charge in [-0.1, -0.05) is 12.1 Å². The van der Waals surface area contributed by atoms with Crippen LogP contribution in [0, 0.1) is 5.82 Å². The Balaban J connectivity index is 1.48. The molecule has 0 radical (unpaired) electrons. The Bertz CT molecular complexity index is 669. The third-order valence-corrected chi connectivity index (χ3v) is 5.36. The summed E-state index contributed by atoms with van der Waals surface area (Å²) >= 11 is 0. The number of carbonyl (C=O) groups excluding carboxylic acids is 1. The highest BCUT2D eigenvalue weighted by molar-refractivity contribution is 5.76. The van der Waals surface area contributed by atoms with Gasteiger partial charge in [0.15, 0.2) is 0 Å². The standard InChI is InChI=1S/C19H27FN4O3/c1-22-13-16(11-17(22)18(25)26)21-19(27)24-8-2-7-23(9-10-24)12-14-3-5-15(20)6-4-14/h3-6,16-17H,2,7-13H2,1H3,(H,21,27)(H,25,26)/t16-,17-/m0/s1. The number of hydrogen-bond acceptors (Lipinski definition) is 4. The van der Waals surface area contributed by atoms with E-state index in [9.17, 15) is 19.1 Å². The van der Waals surface area contributed by atoms with E-state index in [1.54, 1.807) is 29.0 Å². The van der Waals surface area contributed by atoms with Crippen LogP contribution >= 0.6 is 0 Å². The van der Waals surface area contributed by atoms with Gasteiger partial charge in [0.25, 0.3) is 0 Å². The number of carboxylic acid groups (broad SMARTS) is 1. The zero-order valence-electron chi connectivity index (χ0n) is 15.6. The highest BCUT2D eigenvalue weighted by atomic mass is 19.1. The molecule has 0 saturated carbocycles. The molecule has 2 aliphatic rings. The zero-order valence-corrected chi connectivity index (χ0v) is 15.6. The van der Waals surface area contributed by atoms with Gasteiger partial charge in [-0.3, -0.25) is 14.6 Å². The number of urea groups is 1. The van der Waals surface area contributed by atoms with Gasteiger partial charge in [-0.2, -0.15) is 0 Å². The van der Waals surface area contributed by atoms with Crippen LogP contribution in [0.5, 0.6) is 0 Å². The maximum Gasteiger partial charge on any atom is 0.320 e. The Morgan fingerprint density at radius 2 is 1.93 bits per heavy atom. The summed E-state index contributed by atoms with van der Waals surface area (Å²) in [5.74, 6) is -1.08. The lowest BCUT2D eigenvalue weighted by atomic mass is 10.2. The van der Waals surface area contributed by atoms with Crippen LogP contribution in [0.4, 0.5) is 9.18 Å². The van der Waals surface area contributed by atoms with E-state index in [0.29, 0.717) is 26.1 Å². The van der Waals surface area contributed by atoms with E-state index in [1.165, 1.54) is 12.1 Å². The molecule has 2 aliphatic heterocycles. The van der Waals surface area contributed by atoms with Crippen LogP contribution in [0.25, 0.3) is 0 Å². The van der Waals surface area contributed by atoms with Crippen LogP contribution in [0.2, 0.25) is 0 Å². The number of carboxylic acids is 1. The van der Waals surface area contributed by atoms with Crippen molar-refractivity contribution in [3.8, 4) is 0 Å². The molecular formula is C19H27FN4O3. The molecule has 0 spiro atoms. The number of nitrogens with zero attached hydrogens (tertiary/aromatic N) is 3. The number of likely N-dealkylation sites (N-methyl/N-ethyl adjacent to an activating group) is 1. The van der Waals surface area contributed by atoms with Crippen LogP contribution in [-0.2, 0) is 11.3 Å². The molecule has 2 atom stereocenters. The minimum atomic E-state index is -0.847. The molecule has 1 aromatic rings. The minimum Gasteiger partial charge on any atom is -0.480 e. The van der Waals surface area contributed by atoms with Gasteiger partial charge in [0.1, 0.15) is 11.9 Å². The van der Waals surface area contributed by atoms with Crippen molar-refractivity contribution in [2.75, 3.05) is 39.8 Å². The van der Waals surface area contributed by atoms with Crippen molar-refractivity contribution in [1.29, 1.82) is 0 Å². The molecule has 148 valence electrons. The Morgan fingerprint density at radius 3 is 2.59 bits per heavy atom. The van der Waals surface area contributed by atoms with Gasteiger partial charge in [0, 0.05) is 45.3 Å². The van der Waals surface area contributed by atoms with Gasteiger partial charge in [-0.15, -0.1) is 0 Å². The van der Waals surface area contributed by atoms with E-state index in [2.05, 4.69) is 10.2 Å². The number of halogens is 1. The molecule has 2 fully saturated rings. The highest BCUT2D eigenvalue weighted by Gasteiger charge is 2.35. The Morgan fingerprint density at radius 1 is 1.19 bits per heavy atom. The molecule has 0 bridgehead atoms. The average molecular weight is 378 g/mol. The maximum atomic E-state index is 13.0. The topological polar surface area (TPSA) is 76.1 Å². The first-order valence-electron chi connectivity index (χ1n) is 9.37. The van der Waals surface area contributed by atoms with E-state index in [4.69, 9.17) is 0 Å². The molecule has 2 saturated heterocycles. The molecule has 0 unspecified atom stereocenters. The second-order valence-corrected chi connectivity index (χ2v) is 7.42. The molecule has 2 amide bonds. The lowest BCUT2D eigenvalue weighted by Crippen LogP contribution is -2.46. The van der Waals surface area contributed by atoms with Crippen LogP contribution < -0.4 is 5.32 Å². The van der Waals surface area contributed by atoms with Crippen molar-refractivity contribution in [1.82, 2.24) is 20.0 Å². The molecular weight excluding hydrogens is 351 g/mol. The van der Waals surface area contributed by atoms with Crippen LogP contribution in [0.1, 0.15) is 18.4 Å². The molecule has 0 aliphatic carbocycles. The average Bonchev–Trinajstić information content (AvgIpc) is 2.84. The van der Waals surface area contributed by atoms with Gasteiger partial charge in [0.05, 0.1) is 0 Å². The number of benzene rings is 1. The van der Waals surface area contributed by atoms with E-state index in [-0.39, 0.29) is 17.9 Å². The molecule has 2 heterocycles. The van der Waals surface area contributed by atoms with Crippen molar-refractivity contribution in [3.05, 3.63) is 35.6 Å². The summed E-state index contributed by atoms with van der Waals surface area (Å²) in [5, 5.41) is 12.2. The molecule has 8 heteroatoms. The number of nitrogens with one attached hydrogen (secondary N) is 1. The number of aliphatic carboxylic acids is 1. The van der Waals surface area contributed by atoms with E-state index < -0.39 is 12.0 Å². The quantitative estimate of drug-likeness (QED) is 0.824. The second-order valence-electron chi connectivity index (χ2n) is 7.42. The zero-order chi connectivity index (χ0) is 19.4. The normalized spacial score (nSPS) is 24.6. The predicted octanol–water partition coefficient (Wildman–Crippen LogP) is 1.20. The van der Waals surface area contributed by atoms with Crippen molar-refractivity contribution < 1.29 is 19.1 Å². The first kappa shape index (κ1) is 19.6. The SMILES string of the molecule is CN1C[C@@H](NC(=O)N2CCCN(Cc3ccc(F)cc3)CC2)C[C@H]1C(=O)O. The smallest absolute Gasteiger partial charge is 0.320 e. The van der Waals surface area contributed by atoms with E-state index in [0.717, 1.165) is 31.6 Å². The van der Waals surface area contributed by atoms with Gasteiger partial charge >= 0.3 is 12.0 Å². The maximum absolute atomic E-state index is 13.0. The van der Waals surface area contributed by atoms with Crippen LogP contribution in [-0.4, -0.2) is 83.7 Å². The fourth-order valence-corrected chi connectivity index (χ4v) is 3.84. The Hall–Kier alpha value is -2.19. The van der Waals surface area contributed by atoms with E-state index >= 15 is 0 Å². The van der Waals surface area contributed by atoms with E-state index in [1.807, 2.05) is 0 Å². The third kappa shape index (κ3) is 5.17. The first-order valence-corrected chi connectivity index (χ1v) is 9.37. The van der Waals surface area contributed by atoms with Gasteiger partial charge in [0.2, 0.25) is 0 Å². The fourth-order valence-electron chi connectivity index (χ4n) is 3.84. The van der Waals surface area contributed by atoms with Gasteiger partial charge in [-0.05, 0) is 37.6 Å². The molecule has 7 nitrogen and oxygen atoms in total. The van der Waals surface area contributed by atoms with Crippen LogP contribution in [0.3, 0.4) is 0 Å². The number of rotatable bonds is 4. The molecule has 3 rings (SSSR count). The summed E-state index contributed by atoms with van der Waals surface area (Å²) in [6.45, 7) is 4.23. The van der Waals surface area contributed by atoms with Crippen molar-refractivity contribution in [3.63, 3.8) is 0 Å². The van der Waals surface area contributed by atoms with Crippen LogP contribution in [0.15, 0.2) is 24.3 Å². The molecule has 0 aromatic heterocycles. The Labute approximate surface area is 158 Å². The predicted molar refractivity (Wildman–Crippen MR) is 98.9 cm³/mol. The molecule has 2 N–H and O–H groups in total. The highest BCUT2D eigenvalue weighted by Crippen LogP contribution is 2.17. The summed E-state index contributed by atoms with van der Waals surface area (Å²) < 4.78 is 13.0. The summed E-state index contributed by atoms with van der Waals surface area (Å²) in [4.78, 5) is 29.6. The van der Waals surface area contributed by atoms with Crippen molar-refractivity contribution in [2.45, 2.75) is 31.5 Å². The summed E-state index contributed by atoms with van der Waals surface area (Å²) in [6.07, 6.45) is 1.30. The monoisotopic (exact) mass is 378 g/mol. The summed E-state index contributed by atoms with van der Waals surface area (Å²) in [7, 11) is 1.77. The van der Waals surface area contributed by atoms with Gasteiger partial charge in [-0.25, -0.2) is 9.18 Å². The number of hydrogen-bond donors (Lipinski definition) is 2. The van der Waals surface area contributed by atoms with Crippen molar-refractivity contribution in [2.24, 2.45) is 0 Å². The third-order valence-electron chi connectivity index (χ3n) is 5.36. The minimum absolute atomic E-state index is 0.122. The van der Waals surface area contributed by atoms with Gasteiger partial charge < -0.3 is 15.3 Å². The molecule has 27 heavy (non-hydrogen) atoms. The summed E-state index contributed by atoms with van der Waals surface area (Å²) in [5.41, 5.74) is 1.06. The lowest BCUT2D eigenvalue weighted by Gasteiger charge is -2.24. The second kappa shape index (κ2) is 8.67. The number of carbonyl (C=O) groups is 2.